The van der Waals surface area contributed by atoms with Gasteiger partial charge in [-0.1, -0.05) is 39.5 Å². The molecule has 1 saturated carbocycles. The molecule has 16 heavy (non-hydrogen) atoms. The standard InChI is InChI=1S/C13H24O3/c1-3-5-8-11(12(14)15)13(16)9-6-7-10(13)4-2/h10-11,16H,3-9H2,1-2H3,(H,14,15). The van der Waals surface area contributed by atoms with Crippen LogP contribution in [0, 0.1) is 11.8 Å². The molecule has 3 atom stereocenters. The fourth-order valence-corrected chi connectivity index (χ4v) is 3.10. The van der Waals surface area contributed by atoms with Gasteiger partial charge in [0.05, 0.1) is 11.5 Å². The zero-order chi connectivity index (χ0) is 12.2. The molecular weight excluding hydrogens is 204 g/mol. The van der Waals surface area contributed by atoms with Crippen LogP contribution < -0.4 is 0 Å². The van der Waals surface area contributed by atoms with E-state index in [1.54, 1.807) is 0 Å². The topological polar surface area (TPSA) is 57.5 Å². The highest BCUT2D eigenvalue weighted by molar-refractivity contribution is 5.71. The lowest BCUT2D eigenvalue weighted by molar-refractivity contribution is -0.156. The smallest absolute Gasteiger partial charge is 0.309 e. The molecule has 0 heterocycles. The molecular formula is C13H24O3. The van der Waals surface area contributed by atoms with Crippen molar-refractivity contribution >= 4 is 5.97 Å². The lowest BCUT2D eigenvalue weighted by Crippen LogP contribution is -2.45. The molecule has 0 saturated heterocycles. The predicted octanol–water partition coefficient (Wildman–Crippen LogP) is 2.82. The van der Waals surface area contributed by atoms with Crippen molar-refractivity contribution in [3.8, 4) is 0 Å². The quantitative estimate of drug-likeness (QED) is 0.735. The van der Waals surface area contributed by atoms with E-state index in [9.17, 15) is 15.0 Å². The molecule has 0 aliphatic heterocycles. The zero-order valence-electron chi connectivity index (χ0n) is 10.4. The van der Waals surface area contributed by atoms with Crippen molar-refractivity contribution in [1.29, 1.82) is 0 Å². The molecule has 0 spiro atoms. The summed E-state index contributed by atoms with van der Waals surface area (Å²) in [6.45, 7) is 4.09. The van der Waals surface area contributed by atoms with Crippen LogP contribution in [0.3, 0.4) is 0 Å². The van der Waals surface area contributed by atoms with Crippen LogP contribution in [0.4, 0.5) is 0 Å². The van der Waals surface area contributed by atoms with Gasteiger partial charge in [-0.3, -0.25) is 4.79 Å². The van der Waals surface area contributed by atoms with Crippen LogP contribution in [0.1, 0.15) is 58.8 Å². The van der Waals surface area contributed by atoms with Crippen molar-refractivity contribution in [2.75, 3.05) is 0 Å². The van der Waals surface area contributed by atoms with E-state index in [-0.39, 0.29) is 5.92 Å². The molecule has 1 aliphatic rings. The van der Waals surface area contributed by atoms with Gasteiger partial charge < -0.3 is 10.2 Å². The average Bonchev–Trinajstić information content (AvgIpc) is 2.60. The van der Waals surface area contributed by atoms with Gasteiger partial charge in [0.2, 0.25) is 0 Å². The maximum Gasteiger partial charge on any atom is 0.309 e. The van der Waals surface area contributed by atoms with Crippen LogP contribution in [0.25, 0.3) is 0 Å². The molecule has 0 aromatic rings. The van der Waals surface area contributed by atoms with Gasteiger partial charge >= 0.3 is 5.97 Å². The summed E-state index contributed by atoms with van der Waals surface area (Å²) in [6.07, 6.45) is 5.96. The number of rotatable bonds is 6. The van der Waals surface area contributed by atoms with E-state index in [0.717, 1.165) is 32.1 Å². The Hall–Kier alpha value is -0.570. The molecule has 3 nitrogen and oxygen atoms in total. The number of carbonyl (C=O) groups is 1. The van der Waals surface area contributed by atoms with Gasteiger partial charge in [-0.25, -0.2) is 0 Å². The van der Waals surface area contributed by atoms with Gasteiger partial charge in [0.15, 0.2) is 0 Å². The van der Waals surface area contributed by atoms with E-state index in [0.29, 0.717) is 12.8 Å². The second-order valence-electron chi connectivity index (χ2n) is 5.02. The molecule has 0 aromatic carbocycles. The highest BCUT2D eigenvalue weighted by Gasteiger charge is 2.48. The minimum atomic E-state index is -0.949. The van der Waals surface area contributed by atoms with E-state index in [4.69, 9.17) is 0 Å². The highest BCUT2D eigenvalue weighted by Crippen LogP contribution is 2.44. The van der Waals surface area contributed by atoms with Crippen molar-refractivity contribution in [2.45, 2.75) is 64.4 Å². The minimum absolute atomic E-state index is 0.172. The van der Waals surface area contributed by atoms with E-state index < -0.39 is 17.5 Å². The van der Waals surface area contributed by atoms with E-state index in [2.05, 4.69) is 6.92 Å². The fourth-order valence-electron chi connectivity index (χ4n) is 3.10. The minimum Gasteiger partial charge on any atom is -0.481 e. The number of hydrogen-bond donors (Lipinski definition) is 2. The average molecular weight is 228 g/mol. The number of aliphatic carboxylic acids is 1. The molecule has 3 heteroatoms. The second-order valence-corrected chi connectivity index (χ2v) is 5.02. The van der Waals surface area contributed by atoms with Crippen LogP contribution in [-0.4, -0.2) is 21.8 Å². The van der Waals surface area contributed by atoms with Gasteiger partial charge in [0, 0.05) is 0 Å². The fraction of sp³-hybridized carbons (Fsp3) is 0.923. The third-order valence-corrected chi connectivity index (χ3v) is 4.08. The van der Waals surface area contributed by atoms with Crippen LogP contribution >= 0.6 is 0 Å². The first-order valence-electron chi connectivity index (χ1n) is 6.51. The van der Waals surface area contributed by atoms with Crippen molar-refractivity contribution in [3.63, 3.8) is 0 Å². The molecule has 0 bridgehead atoms. The zero-order valence-corrected chi connectivity index (χ0v) is 10.4. The molecule has 1 rings (SSSR count). The van der Waals surface area contributed by atoms with Crippen LogP contribution in [0.5, 0.6) is 0 Å². The first-order chi connectivity index (χ1) is 7.56. The Morgan fingerprint density at radius 1 is 1.50 bits per heavy atom. The Morgan fingerprint density at radius 3 is 2.69 bits per heavy atom. The van der Waals surface area contributed by atoms with Crippen LogP contribution in [0.2, 0.25) is 0 Å². The van der Waals surface area contributed by atoms with E-state index in [1.807, 2.05) is 6.92 Å². The lowest BCUT2D eigenvalue weighted by Gasteiger charge is -2.35. The summed E-state index contributed by atoms with van der Waals surface area (Å²) >= 11 is 0. The Bertz CT molecular complexity index is 239. The molecule has 3 unspecified atom stereocenters. The molecule has 2 N–H and O–H groups in total. The van der Waals surface area contributed by atoms with Crippen molar-refractivity contribution in [2.24, 2.45) is 11.8 Å². The van der Waals surface area contributed by atoms with E-state index in [1.165, 1.54) is 0 Å². The Balaban J connectivity index is 2.78. The number of unbranched alkanes of at least 4 members (excludes halogenated alkanes) is 1. The second kappa shape index (κ2) is 5.67. The molecule has 0 aromatic heterocycles. The summed E-state index contributed by atoms with van der Waals surface area (Å²) < 4.78 is 0. The molecule has 1 fully saturated rings. The summed E-state index contributed by atoms with van der Waals surface area (Å²) in [5.41, 5.74) is -0.949. The van der Waals surface area contributed by atoms with Gasteiger partial charge in [0.1, 0.15) is 0 Å². The van der Waals surface area contributed by atoms with Crippen molar-refractivity contribution < 1.29 is 15.0 Å². The summed E-state index contributed by atoms with van der Waals surface area (Å²) in [5.74, 6) is -1.22. The highest BCUT2D eigenvalue weighted by atomic mass is 16.4. The van der Waals surface area contributed by atoms with Crippen molar-refractivity contribution in [3.05, 3.63) is 0 Å². The normalized spacial score (nSPS) is 31.6. The third kappa shape index (κ3) is 2.57. The summed E-state index contributed by atoms with van der Waals surface area (Å²) in [6, 6.07) is 0. The first-order valence-corrected chi connectivity index (χ1v) is 6.51. The largest absolute Gasteiger partial charge is 0.481 e. The Labute approximate surface area is 97.9 Å². The van der Waals surface area contributed by atoms with Gasteiger partial charge in [-0.05, 0) is 25.2 Å². The summed E-state index contributed by atoms with van der Waals surface area (Å²) in [5, 5.41) is 19.9. The monoisotopic (exact) mass is 228 g/mol. The van der Waals surface area contributed by atoms with Crippen molar-refractivity contribution in [1.82, 2.24) is 0 Å². The van der Waals surface area contributed by atoms with Gasteiger partial charge in [0.25, 0.3) is 0 Å². The molecule has 0 radical (unpaired) electrons. The Kier molecular flexibility index (Phi) is 4.78. The maximum atomic E-state index is 11.3. The summed E-state index contributed by atoms with van der Waals surface area (Å²) in [4.78, 5) is 11.3. The van der Waals surface area contributed by atoms with Crippen LogP contribution in [0.15, 0.2) is 0 Å². The number of carboxylic acid groups (broad SMARTS) is 1. The number of hydrogen-bond acceptors (Lipinski definition) is 2. The Morgan fingerprint density at radius 2 is 2.19 bits per heavy atom. The third-order valence-electron chi connectivity index (χ3n) is 4.08. The predicted molar refractivity (Wildman–Crippen MR) is 63.2 cm³/mol. The summed E-state index contributed by atoms with van der Waals surface area (Å²) in [7, 11) is 0. The number of aliphatic hydroxyl groups is 1. The molecule has 0 amide bonds. The maximum absolute atomic E-state index is 11.3. The molecule has 94 valence electrons. The van der Waals surface area contributed by atoms with Gasteiger partial charge in [-0.2, -0.15) is 0 Å². The van der Waals surface area contributed by atoms with Crippen LogP contribution in [-0.2, 0) is 4.79 Å². The van der Waals surface area contributed by atoms with Gasteiger partial charge in [-0.15, -0.1) is 0 Å². The first kappa shape index (κ1) is 13.5. The number of carboxylic acids is 1. The molecule has 1 aliphatic carbocycles. The lowest BCUT2D eigenvalue weighted by atomic mass is 9.75. The van der Waals surface area contributed by atoms with E-state index >= 15 is 0 Å². The SMILES string of the molecule is CCCCC(C(=O)O)C1(O)CCCC1CC.